The molecule has 0 aromatic heterocycles. The lowest BCUT2D eigenvalue weighted by atomic mass is 10.1. The molecule has 0 unspecified atom stereocenters. The van der Waals surface area contributed by atoms with Crippen LogP contribution in [0.1, 0.15) is 23.6 Å². The van der Waals surface area contributed by atoms with Crippen molar-refractivity contribution in [2.75, 3.05) is 5.01 Å². The molecule has 0 atom stereocenters. The van der Waals surface area contributed by atoms with Crippen molar-refractivity contribution in [2.45, 2.75) is 20.5 Å². The molecule has 1 aliphatic heterocycles. The third-order valence-electron chi connectivity index (χ3n) is 5.04. The molecule has 7 heteroatoms. The number of ether oxygens (including phenoxy) is 1. The lowest BCUT2D eigenvalue weighted by Gasteiger charge is -2.12. The van der Waals surface area contributed by atoms with Crippen molar-refractivity contribution < 1.29 is 14.5 Å². The maximum Gasteiger partial charge on any atom is 0.280 e. The van der Waals surface area contributed by atoms with Crippen molar-refractivity contribution in [2.24, 2.45) is 5.10 Å². The van der Waals surface area contributed by atoms with Gasteiger partial charge in [0.2, 0.25) is 0 Å². The molecule has 4 rings (SSSR count). The third-order valence-corrected chi connectivity index (χ3v) is 5.04. The average Bonchev–Trinajstić information content (AvgIpc) is 3.07. The van der Waals surface area contributed by atoms with Crippen molar-refractivity contribution in [1.29, 1.82) is 0 Å². The van der Waals surface area contributed by atoms with Crippen molar-refractivity contribution in [3.8, 4) is 5.75 Å². The molecule has 3 aromatic rings. The van der Waals surface area contributed by atoms with Crippen LogP contribution in [0.4, 0.5) is 11.4 Å². The molecule has 32 heavy (non-hydrogen) atoms. The van der Waals surface area contributed by atoms with E-state index < -0.39 is 4.92 Å². The van der Waals surface area contributed by atoms with Crippen molar-refractivity contribution >= 4 is 29.1 Å². The van der Waals surface area contributed by atoms with E-state index >= 15 is 0 Å². The van der Waals surface area contributed by atoms with Crippen LogP contribution in [0.15, 0.2) is 83.5 Å². The Morgan fingerprint density at radius 1 is 1.03 bits per heavy atom. The van der Waals surface area contributed by atoms with Gasteiger partial charge in [-0.15, -0.1) is 0 Å². The van der Waals surface area contributed by atoms with Gasteiger partial charge in [0.1, 0.15) is 12.4 Å². The highest BCUT2D eigenvalue weighted by Gasteiger charge is 2.29. The summed E-state index contributed by atoms with van der Waals surface area (Å²) in [4.78, 5) is 23.9. The zero-order chi connectivity index (χ0) is 22.7. The number of non-ortho nitro benzene ring substituents is 1. The lowest BCUT2D eigenvalue weighted by molar-refractivity contribution is -0.384. The molecule has 0 saturated heterocycles. The number of rotatable bonds is 6. The van der Waals surface area contributed by atoms with Crippen LogP contribution in [0, 0.1) is 17.0 Å². The highest BCUT2D eigenvalue weighted by molar-refractivity contribution is 6.32. The van der Waals surface area contributed by atoms with Crippen LogP contribution < -0.4 is 9.75 Å². The number of para-hydroxylation sites is 1. The van der Waals surface area contributed by atoms with Gasteiger partial charge in [-0.05, 0) is 43.7 Å². The van der Waals surface area contributed by atoms with Crippen molar-refractivity contribution in [3.63, 3.8) is 0 Å². The van der Waals surface area contributed by atoms with E-state index in [1.165, 1.54) is 17.1 Å². The zero-order valence-electron chi connectivity index (χ0n) is 17.7. The van der Waals surface area contributed by atoms with Gasteiger partial charge in [0, 0.05) is 17.7 Å². The average molecular weight is 427 g/mol. The van der Waals surface area contributed by atoms with Crippen LogP contribution in [0.2, 0.25) is 0 Å². The second-order valence-corrected chi connectivity index (χ2v) is 7.45. The molecule has 1 heterocycles. The van der Waals surface area contributed by atoms with Crippen molar-refractivity contribution in [1.82, 2.24) is 0 Å². The predicted molar refractivity (Wildman–Crippen MR) is 124 cm³/mol. The van der Waals surface area contributed by atoms with Crippen LogP contribution >= 0.6 is 0 Å². The van der Waals surface area contributed by atoms with Crippen molar-refractivity contribution in [3.05, 3.63) is 105 Å². The molecular weight excluding hydrogens is 406 g/mol. The molecule has 1 amide bonds. The number of hydrogen-bond acceptors (Lipinski definition) is 5. The van der Waals surface area contributed by atoms with E-state index in [1.54, 1.807) is 31.2 Å². The van der Waals surface area contributed by atoms with Gasteiger partial charge in [0.05, 0.1) is 21.9 Å². The molecule has 1 aliphatic rings. The number of nitro benzene ring substituents is 1. The first-order chi connectivity index (χ1) is 15.4. The molecule has 7 nitrogen and oxygen atoms in total. The highest BCUT2D eigenvalue weighted by Crippen LogP contribution is 2.30. The first-order valence-electron chi connectivity index (χ1n) is 10.1. The number of hydrogen-bond donors (Lipinski definition) is 0. The fraction of sp³-hybridized carbons (Fsp3) is 0.120. The Morgan fingerprint density at radius 2 is 1.81 bits per heavy atom. The summed E-state index contributed by atoms with van der Waals surface area (Å²) in [5.41, 5.74) is 3.98. The summed E-state index contributed by atoms with van der Waals surface area (Å²) < 4.78 is 5.97. The number of benzene rings is 3. The topological polar surface area (TPSA) is 85.0 Å². The van der Waals surface area contributed by atoms with E-state index in [4.69, 9.17) is 4.74 Å². The van der Waals surface area contributed by atoms with Gasteiger partial charge < -0.3 is 4.74 Å². The summed E-state index contributed by atoms with van der Waals surface area (Å²) in [6.07, 6.45) is 1.60. The van der Waals surface area contributed by atoms with E-state index in [2.05, 4.69) is 5.10 Å². The Hall–Kier alpha value is -4.26. The van der Waals surface area contributed by atoms with Gasteiger partial charge >= 0.3 is 0 Å². The maximum atomic E-state index is 13.0. The Balaban J connectivity index is 1.67. The van der Waals surface area contributed by atoms with Crippen LogP contribution in [0.3, 0.4) is 0 Å². The quantitative estimate of drug-likeness (QED) is 0.304. The normalized spacial score (nSPS) is 14.6. The minimum Gasteiger partial charge on any atom is -0.488 e. The maximum absolute atomic E-state index is 13.0. The van der Waals surface area contributed by atoms with E-state index in [0.717, 1.165) is 11.1 Å². The number of amides is 1. The Labute approximate surface area is 185 Å². The minimum atomic E-state index is -0.472. The van der Waals surface area contributed by atoms with Crippen LogP contribution in [0.25, 0.3) is 6.08 Å². The van der Waals surface area contributed by atoms with E-state index in [9.17, 15) is 14.9 Å². The molecule has 3 aromatic carbocycles. The van der Waals surface area contributed by atoms with Gasteiger partial charge in [-0.3, -0.25) is 14.9 Å². The predicted octanol–water partition coefficient (Wildman–Crippen LogP) is 5.29. The van der Waals surface area contributed by atoms with E-state index in [0.29, 0.717) is 34.9 Å². The summed E-state index contributed by atoms with van der Waals surface area (Å²) >= 11 is 0. The summed E-state index contributed by atoms with van der Waals surface area (Å²) in [7, 11) is 0. The first kappa shape index (κ1) is 21.0. The van der Waals surface area contributed by atoms with Crippen LogP contribution in [-0.4, -0.2) is 16.5 Å². The number of nitrogens with zero attached hydrogens (tertiary/aromatic N) is 3. The second-order valence-electron chi connectivity index (χ2n) is 7.45. The van der Waals surface area contributed by atoms with E-state index in [1.807, 2.05) is 49.4 Å². The summed E-state index contributed by atoms with van der Waals surface area (Å²) in [6, 6.07) is 21.4. The van der Waals surface area contributed by atoms with Gasteiger partial charge in [-0.1, -0.05) is 48.0 Å². The summed E-state index contributed by atoms with van der Waals surface area (Å²) in [5.74, 6) is 0.146. The standard InChI is InChI=1S/C25H21N3O4/c1-17-7-6-8-19(13-17)16-32-24-12-11-22(28(30)31)14-20(24)15-23-18(2)26-27(25(23)29)21-9-4-3-5-10-21/h3-15H,16H2,1-2H3/b23-15+. The summed E-state index contributed by atoms with van der Waals surface area (Å²) in [5, 5.41) is 17.0. The van der Waals surface area contributed by atoms with Crippen LogP contribution in [0.5, 0.6) is 5.75 Å². The molecule has 0 N–H and O–H groups in total. The minimum absolute atomic E-state index is 0.0836. The fourth-order valence-electron chi connectivity index (χ4n) is 3.44. The fourth-order valence-corrected chi connectivity index (χ4v) is 3.44. The Morgan fingerprint density at radius 3 is 2.53 bits per heavy atom. The number of carbonyl (C=O) groups excluding carboxylic acids is 1. The highest BCUT2D eigenvalue weighted by atomic mass is 16.6. The molecule has 0 radical (unpaired) electrons. The molecule has 160 valence electrons. The monoisotopic (exact) mass is 427 g/mol. The largest absolute Gasteiger partial charge is 0.488 e. The smallest absolute Gasteiger partial charge is 0.280 e. The first-order valence-corrected chi connectivity index (χ1v) is 10.1. The van der Waals surface area contributed by atoms with Gasteiger partial charge in [0.15, 0.2) is 0 Å². The number of carbonyl (C=O) groups is 1. The van der Waals surface area contributed by atoms with E-state index in [-0.39, 0.29) is 11.6 Å². The molecule has 0 saturated carbocycles. The number of aryl methyl sites for hydroxylation is 1. The SMILES string of the molecule is CC1=NN(c2ccccc2)C(=O)/C1=C/c1cc([N+](=O)[O-])ccc1OCc1cccc(C)c1. The molecule has 0 fully saturated rings. The summed E-state index contributed by atoms with van der Waals surface area (Å²) in [6.45, 7) is 4.03. The van der Waals surface area contributed by atoms with Gasteiger partial charge in [-0.2, -0.15) is 10.1 Å². The number of nitro groups is 1. The molecule has 0 bridgehead atoms. The molecular formula is C25H21N3O4. The third kappa shape index (κ3) is 4.41. The Kier molecular flexibility index (Phi) is 5.81. The van der Waals surface area contributed by atoms with Gasteiger partial charge in [0.25, 0.3) is 11.6 Å². The Bertz CT molecular complexity index is 1250. The van der Waals surface area contributed by atoms with Crippen LogP contribution in [-0.2, 0) is 11.4 Å². The lowest BCUT2D eigenvalue weighted by Crippen LogP contribution is -2.21. The second kappa shape index (κ2) is 8.85. The molecule has 0 spiro atoms. The van der Waals surface area contributed by atoms with Gasteiger partial charge in [-0.25, -0.2) is 0 Å². The number of anilines is 1. The zero-order valence-corrected chi connectivity index (χ0v) is 17.7. The molecule has 0 aliphatic carbocycles. The number of hydrazone groups is 1.